The zero-order valence-electron chi connectivity index (χ0n) is 13.4. The number of carbonyl (C=O) groups is 1. The van der Waals surface area contributed by atoms with Crippen molar-refractivity contribution in [2.24, 2.45) is 0 Å². The molecule has 0 saturated carbocycles. The van der Waals surface area contributed by atoms with Gasteiger partial charge in [0, 0.05) is 11.7 Å². The van der Waals surface area contributed by atoms with E-state index in [2.05, 4.69) is 45.0 Å². The summed E-state index contributed by atoms with van der Waals surface area (Å²) in [5, 5.41) is 1.18. The Morgan fingerprint density at radius 3 is 2.67 bits per heavy atom. The molecule has 21 heavy (non-hydrogen) atoms. The summed E-state index contributed by atoms with van der Waals surface area (Å²) in [6.45, 7) is 8.86. The van der Waals surface area contributed by atoms with Crippen LogP contribution >= 0.6 is 0 Å². The lowest BCUT2D eigenvalue weighted by atomic mass is 10.0. The average Bonchev–Trinajstić information content (AvgIpc) is 2.89. The van der Waals surface area contributed by atoms with E-state index in [-0.39, 0.29) is 12.0 Å². The molecule has 2 aromatic rings. The number of hydrogen-bond acceptors (Lipinski definition) is 2. The first-order valence-electron chi connectivity index (χ1n) is 7.81. The largest absolute Gasteiger partial charge is 0.464 e. The SMILES string of the molecule is CCCCOC(=O)C(C)n1ccc2cc(C(C)C)ccc21. The van der Waals surface area contributed by atoms with Crippen molar-refractivity contribution >= 4 is 16.9 Å². The van der Waals surface area contributed by atoms with Gasteiger partial charge >= 0.3 is 5.97 Å². The normalized spacial score (nSPS) is 12.8. The maximum absolute atomic E-state index is 12.1. The Balaban J connectivity index is 2.20. The highest BCUT2D eigenvalue weighted by molar-refractivity contribution is 5.84. The molecule has 0 saturated heterocycles. The smallest absolute Gasteiger partial charge is 0.328 e. The van der Waals surface area contributed by atoms with Gasteiger partial charge in [-0.25, -0.2) is 4.79 Å². The van der Waals surface area contributed by atoms with Crippen molar-refractivity contribution in [3.63, 3.8) is 0 Å². The summed E-state index contributed by atoms with van der Waals surface area (Å²) < 4.78 is 7.31. The number of aromatic nitrogens is 1. The minimum absolute atomic E-state index is 0.158. The topological polar surface area (TPSA) is 31.2 Å². The Bertz CT molecular complexity index is 613. The molecule has 0 N–H and O–H groups in total. The Morgan fingerprint density at radius 1 is 1.24 bits per heavy atom. The number of hydrogen-bond donors (Lipinski definition) is 0. The van der Waals surface area contributed by atoms with Crippen LogP contribution in [-0.4, -0.2) is 17.1 Å². The van der Waals surface area contributed by atoms with E-state index < -0.39 is 0 Å². The van der Waals surface area contributed by atoms with Gasteiger partial charge in [0.05, 0.1) is 6.61 Å². The van der Waals surface area contributed by atoms with Gasteiger partial charge in [0.15, 0.2) is 0 Å². The minimum Gasteiger partial charge on any atom is -0.464 e. The number of benzene rings is 1. The summed E-state index contributed by atoms with van der Waals surface area (Å²) >= 11 is 0. The third kappa shape index (κ3) is 3.46. The van der Waals surface area contributed by atoms with Crippen LogP contribution in [0.15, 0.2) is 30.5 Å². The maximum atomic E-state index is 12.1. The summed E-state index contributed by atoms with van der Waals surface area (Å²) in [4.78, 5) is 12.1. The molecule has 1 unspecified atom stereocenters. The molecule has 1 atom stereocenters. The van der Waals surface area contributed by atoms with E-state index in [4.69, 9.17) is 4.74 Å². The van der Waals surface area contributed by atoms with Crippen molar-refractivity contribution in [3.8, 4) is 0 Å². The van der Waals surface area contributed by atoms with Crippen molar-refractivity contribution in [3.05, 3.63) is 36.0 Å². The molecule has 3 heteroatoms. The molecule has 0 aliphatic carbocycles. The molecule has 0 aliphatic rings. The van der Waals surface area contributed by atoms with Crippen LogP contribution in [0.25, 0.3) is 10.9 Å². The number of esters is 1. The molecular formula is C18H25NO2. The van der Waals surface area contributed by atoms with Gasteiger partial charge in [-0.2, -0.15) is 0 Å². The van der Waals surface area contributed by atoms with Gasteiger partial charge in [-0.05, 0) is 48.4 Å². The maximum Gasteiger partial charge on any atom is 0.328 e. The number of fused-ring (bicyclic) bond motifs is 1. The Labute approximate surface area is 126 Å². The summed E-state index contributed by atoms with van der Waals surface area (Å²) in [6.07, 6.45) is 3.93. The summed E-state index contributed by atoms with van der Waals surface area (Å²) in [5.74, 6) is 0.350. The van der Waals surface area contributed by atoms with E-state index >= 15 is 0 Å². The highest BCUT2D eigenvalue weighted by Gasteiger charge is 2.18. The van der Waals surface area contributed by atoms with Gasteiger partial charge in [0.2, 0.25) is 0 Å². The lowest BCUT2D eigenvalue weighted by molar-refractivity contribution is -0.147. The number of unbranched alkanes of at least 4 members (excludes halogenated alkanes) is 1. The van der Waals surface area contributed by atoms with Crippen LogP contribution in [0.5, 0.6) is 0 Å². The molecule has 3 nitrogen and oxygen atoms in total. The van der Waals surface area contributed by atoms with Crippen molar-refractivity contribution in [2.45, 2.75) is 52.5 Å². The zero-order valence-corrected chi connectivity index (χ0v) is 13.4. The van der Waals surface area contributed by atoms with E-state index in [0.717, 1.165) is 18.4 Å². The van der Waals surface area contributed by atoms with Crippen molar-refractivity contribution < 1.29 is 9.53 Å². The molecule has 0 spiro atoms. The molecule has 1 aromatic carbocycles. The second kappa shape index (κ2) is 6.79. The van der Waals surface area contributed by atoms with E-state index in [1.165, 1.54) is 10.9 Å². The van der Waals surface area contributed by atoms with Crippen LogP contribution in [0.4, 0.5) is 0 Å². The molecule has 0 aliphatic heterocycles. The molecule has 0 fully saturated rings. The van der Waals surface area contributed by atoms with Gasteiger partial charge in [0.1, 0.15) is 6.04 Å². The highest BCUT2D eigenvalue weighted by Crippen LogP contribution is 2.25. The number of rotatable bonds is 6. The minimum atomic E-state index is -0.288. The monoisotopic (exact) mass is 287 g/mol. The first-order chi connectivity index (χ1) is 10.0. The fraction of sp³-hybridized carbons (Fsp3) is 0.500. The Morgan fingerprint density at radius 2 is 2.00 bits per heavy atom. The Hall–Kier alpha value is -1.77. The third-order valence-electron chi connectivity index (χ3n) is 3.91. The van der Waals surface area contributed by atoms with Crippen molar-refractivity contribution in [2.75, 3.05) is 6.61 Å². The molecule has 1 heterocycles. The predicted molar refractivity (Wildman–Crippen MR) is 86.6 cm³/mol. The van der Waals surface area contributed by atoms with Gasteiger partial charge < -0.3 is 9.30 Å². The van der Waals surface area contributed by atoms with E-state index in [0.29, 0.717) is 12.5 Å². The van der Waals surface area contributed by atoms with Crippen LogP contribution in [-0.2, 0) is 9.53 Å². The van der Waals surface area contributed by atoms with Crippen LogP contribution in [0.2, 0.25) is 0 Å². The number of nitrogens with zero attached hydrogens (tertiary/aromatic N) is 1. The van der Waals surface area contributed by atoms with Gasteiger partial charge in [0.25, 0.3) is 0 Å². The van der Waals surface area contributed by atoms with Crippen LogP contribution in [0.1, 0.15) is 58.1 Å². The fourth-order valence-corrected chi connectivity index (χ4v) is 2.43. The molecule has 0 radical (unpaired) electrons. The summed E-state index contributed by atoms with van der Waals surface area (Å²) in [5.41, 5.74) is 2.40. The fourth-order valence-electron chi connectivity index (χ4n) is 2.43. The van der Waals surface area contributed by atoms with Crippen LogP contribution < -0.4 is 0 Å². The predicted octanol–water partition coefficient (Wildman–Crippen LogP) is 4.67. The number of ether oxygens (including phenoxy) is 1. The van der Waals surface area contributed by atoms with Crippen LogP contribution in [0.3, 0.4) is 0 Å². The molecular weight excluding hydrogens is 262 g/mol. The van der Waals surface area contributed by atoms with Gasteiger partial charge in [-0.15, -0.1) is 0 Å². The van der Waals surface area contributed by atoms with E-state index in [9.17, 15) is 4.79 Å². The standard InChI is InChI=1S/C18H25NO2/c1-5-6-11-21-18(20)14(4)19-10-9-16-12-15(13(2)3)7-8-17(16)19/h7-10,12-14H,5-6,11H2,1-4H3. The molecule has 0 amide bonds. The lowest BCUT2D eigenvalue weighted by Crippen LogP contribution is -2.19. The van der Waals surface area contributed by atoms with Gasteiger partial charge in [-0.3, -0.25) is 0 Å². The number of carbonyl (C=O) groups excluding carboxylic acids is 1. The highest BCUT2D eigenvalue weighted by atomic mass is 16.5. The molecule has 2 rings (SSSR count). The lowest BCUT2D eigenvalue weighted by Gasteiger charge is -2.15. The second-order valence-electron chi connectivity index (χ2n) is 5.89. The zero-order chi connectivity index (χ0) is 15.4. The second-order valence-corrected chi connectivity index (χ2v) is 5.89. The Kier molecular flexibility index (Phi) is 5.05. The molecule has 114 valence electrons. The summed E-state index contributed by atoms with van der Waals surface area (Å²) in [7, 11) is 0. The van der Waals surface area contributed by atoms with E-state index in [1.807, 2.05) is 17.7 Å². The van der Waals surface area contributed by atoms with Crippen molar-refractivity contribution in [1.82, 2.24) is 4.57 Å². The van der Waals surface area contributed by atoms with Crippen LogP contribution in [0, 0.1) is 0 Å². The average molecular weight is 287 g/mol. The van der Waals surface area contributed by atoms with Gasteiger partial charge in [-0.1, -0.05) is 33.3 Å². The molecule has 0 bridgehead atoms. The third-order valence-corrected chi connectivity index (χ3v) is 3.91. The van der Waals surface area contributed by atoms with Crippen molar-refractivity contribution in [1.29, 1.82) is 0 Å². The summed E-state index contributed by atoms with van der Waals surface area (Å²) in [6, 6.07) is 8.21. The van der Waals surface area contributed by atoms with E-state index in [1.54, 1.807) is 0 Å². The quantitative estimate of drug-likeness (QED) is 0.571. The molecule has 1 aromatic heterocycles. The first-order valence-corrected chi connectivity index (χ1v) is 7.81. The first kappa shape index (κ1) is 15.6.